The molecule has 0 aliphatic carbocycles. The molecule has 1 aliphatic heterocycles. The molecule has 0 saturated heterocycles. The molecule has 22 heavy (non-hydrogen) atoms. The van der Waals surface area contributed by atoms with Gasteiger partial charge in [0, 0.05) is 12.6 Å². The van der Waals surface area contributed by atoms with Crippen LogP contribution in [-0.4, -0.2) is 25.5 Å². The van der Waals surface area contributed by atoms with Crippen LogP contribution in [0.1, 0.15) is 10.4 Å². The standard InChI is InChI=1S/C16H13ClN2O3/c1-19-13-8-10(6-7-14(13)22-9-15(19)20)16(21)18-12-5-3-2-4-11(12)17/h2-8H,9H2,1H3,(H,18,21). The van der Waals surface area contributed by atoms with Crippen molar-refractivity contribution in [2.75, 3.05) is 23.9 Å². The van der Waals surface area contributed by atoms with Gasteiger partial charge in [-0.05, 0) is 30.3 Å². The van der Waals surface area contributed by atoms with Crippen LogP contribution >= 0.6 is 11.6 Å². The lowest BCUT2D eigenvalue weighted by Gasteiger charge is -2.26. The number of anilines is 2. The number of para-hydroxylation sites is 1. The Hall–Kier alpha value is -2.53. The molecule has 0 fully saturated rings. The summed E-state index contributed by atoms with van der Waals surface area (Å²) in [4.78, 5) is 25.5. The highest BCUT2D eigenvalue weighted by Gasteiger charge is 2.23. The maximum atomic E-state index is 12.3. The summed E-state index contributed by atoms with van der Waals surface area (Å²) in [6.07, 6.45) is 0. The molecule has 3 rings (SSSR count). The Bertz CT molecular complexity index is 761. The molecule has 2 aromatic rings. The molecule has 0 aromatic heterocycles. The third-order valence-electron chi connectivity index (χ3n) is 3.43. The Morgan fingerprint density at radius 3 is 2.82 bits per heavy atom. The minimum absolute atomic E-state index is 0.00860. The molecule has 2 amide bonds. The number of benzene rings is 2. The number of rotatable bonds is 2. The van der Waals surface area contributed by atoms with Crippen molar-refractivity contribution in [3.63, 3.8) is 0 Å². The highest BCUT2D eigenvalue weighted by molar-refractivity contribution is 6.33. The fraction of sp³-hybridized carbons (Fsp3) is 0.125. The molecule has 1 aliphatic rings. The number of nitrogens with one attached hydrogen (secondary N) is 1. The predicted octanol–water partition coefficient (Wildman–Crippen LogP) is 2.95. The maximum absolute atomic E-state index is 12.3. The number of ether oxygens (including phenoxy) is 1. The second kappa shape index (κ2) is 5.69. The Labute approximate surface area is 132 Å². The highest BCUT2D eigenvalue weighted by Crippen LogP contribution is 2.32. The Balaban J connectivity index is 1.88. The van der Waals surface area contributed by atoms with E-state index in [9.17, 15) is 9.59 Å². The van der Waals surface area contributed by atoms with E-state index in [1.54, 1.807) is 49.5 Å². The molecule has 1 heterocycles. The van der Waals surface area contributed by atoms with Gasteiger partial charge in [-0.15, -0.1) is 0 Å². The molecule has 5 nitrogen and oxygen atoms in total. The zero-order chi connectivity index (χ0) is 15.7. The number of carbonyl (C=O) groups is 2. The zero-order valence-corrected chi connectivity index (χ0v) is 12.6. The molecule has 112 valence electrons. The van der Waals surface area contributed by atoms with Crippen molar-refractivity contribution in [2.45, 2.75) is 0 Å². The first-order valence-electron chi connectivity index (χ1n) is 6.65. The van der Waals surface area contributed by atoms with E-state index in [1.165, 1.54) is 4.90 Å². The largest absolute Gasteiger partial charge is 0.482 e. The third kappa shape index (κ3) is 2.63. The lowest BCUT2D eigenvalue weighted by molar-refractivity contribution is -0.120. The molecule has 0 spiro atoms. The zero-order valence-electron chi connectivity index (χ0n) is 11.8. The third-order valence-corrected chi connectivity index (χ3v) is 3.76. The van der Waals surface area contributed by atoms with Gasteiger partial charge in [-0.25, -0.2) is 0 Å². The average Bonchev–Trinajstić information content (AvgIpc) is 2.53. The number of halogens is 1. The van der Waals surface area contributed by atoms with Crippen molar-refractivity contribution < 1.29 is 14.3 Å². The van der Waals surface area contributed by atoms with Gasteiger partial charge >= 0.3 is 0 Å². The van der Waals surface area contributed by atoms with E-state index in [1.807, 2.05) is 0 Å². The van der Waals surface area contributed by atoms with Crippen LogP contribution in [0.3, 0.4) is 0 Å². The molecule has 0 saturated carbocycles. The molecule has 6 heteroatoms. The van der Waals surface area contributed by atoms with Gasteiger partial charge in [0.15, 0.2) is 6.61 Å². The molecule has 0 radical (unpaired) electrons. The Kier molecular flexibility index (Phi) is 3.73. The molecule has 1 N–H and O–H groups in total. The van der Waals surface area contributed by atoms with E-state index < -0.39 is 0 Å². The van der Waals surface area contributed by atoms with Gasteiger partial charge in [0.05, 0.1) is 16.4 Å². The van der Waals surface area contributed by atoms with Gasteiger partial charge < -0.3 is 15.0 Å². The van der Waals surface area contributed by atoms with E-state index in [0.717, 1.165) is 0 Å². The van der Waals surface area contributed by atoms with Crippen molar-refractivity contribution in [1.82, 2.24) is 0 Å². The number of carbonyl (C=O) groups excluding carboxylic acids is 2. The smallest absolute Gasteiger partial charge is 0.264 e. The molecule has 0 unspecified atom stereocenters. The second-order valence-electron chi connectivity index (χ2n) is 4.86. The number of hydrogen-bond acceptors (Lipinski definition) is 3. The van der Waals surface area contributed by atoms with Crippen molar-refractivity contribution in [1.29, 1.82) is 0 Å². The van der Waals surface area contributed by atoms with Crippen LogP contribution in [-0.2, 0) is 4.79 Å². The van der Waals surface area contributed by atoms with Gasteiger partial charge in [-0.3, -0.25) is 9.59 Å². The van der Waals surface area contributed by atoms with E-state index in [2.05, 4.69) is 5.32 Å². The summed E-state index contributed by atoms with van der Waals surface area (Å²) in [5, 5.41) is 3.21. The quantitative estimate of drug-likeness (QED) is 0.926. The molecule has 0 bridgehead atoms. The minimum Gasteiger partial charge on any atom is -0.482 e. The van der Waals surface area contributed by atoms with Gasteiger partial charge in [0.2, 0.25) is 0 Å². The van der Waals surface area contributed by atoms with Gasteiger partial charge in [0.1, 0.15) is 5.75 Å². The monoisotopic (exact) mass is 316 g/mol. The summed E-state index contributed by atoms with van der Waals surface area (Å²) in [6, 6.07) is 11.9. The van der Waals surface area contributed by atoms with Crippen molar-refractivity contribution in [2.24, 2.45) is 0 Å². The number of hydrogen-bond donors (Lipinski definition) is 1. The van der Waals surface area contributed by atoms with Crippen LogP contribution in [0.2, 0.25) is 5.02 Å². The first-order chi connectivity index (χ1) is 10.6. The lowest BCUT2D eigenvalue weighted by atomic mass is 10.1. The Morgan fingerprint density at radius 1 is 1.27 bits per heavy atom. The summed E-state index contributed by atoms with van der Waals surface area (Å²) < 4.78 is 5.33. The SMILES string of the molecule is CN1C(=O)COc2ccc(C(=O)Nc3ccccc3Cl)cc21. The molecular weight excluding hydrogens is 304 g/mol. The normalized spacial score (nSPS) is 13.4. The first-order valence-corrected chi connectivity index (χ1v) is 7.03. The van der Waals surface area contributed by atoms with E-state index in [4.69, 9.17) is 16.3 Å². The van der Waals surface area contributed by atoms with Crippen molar-refractivity contribution in [3.05, 3.63) is 53.1 Å². The maximum Gasteiger partial charge on any atom is 0.264 e. The van der Waals surface area contributed by atoms with Crippen LogP contribution in [0.4, 0.5) is 11.4 Å². The van der Waals surface area contributed by atoms with E-state index >= 15 is 0 Å². The van der Waals surface area contributed by atoms with Gasteiger partial charge in [-0.1, -0.05) is 23.7 Å². The minimum atomic E-state index is -0.303. The van der Waals surface area contributed by atoms with Crippen LogP contribution in [0, 0.1) is 0 Å². The fourth-order valence-electron chi connectivity index (χ4n) is 2.17. The highest BCUT2D eigenvalue weighted by atomic mass is 35.5. The van der Waals surface area contributed by atoms with Gasteiger partial charge in [-0.2, -0.15) is 0 Å². The summed E-state index contributed by atoms with van der Waals surface area (Å²) in [7, 11) is 1.65. The number of nitrogens with zero attached hydrogens (tertiary/aromatic N) is 1. The van der Waals surface area contributed by atoms with Crippen LogP contribution in [0.25, 0.3) is 0 Å². The molecule has 0 atom stereocenters. The fourth-order valence-corrected chi connectivity index (χ4v) is 2.35. The van der Waals surface area contributed by atoms with Crippen LogP contribution < -0.4 is 15.0 Å². The molecule has 2 aromatic carbocycles. The average molecular weight is 317 g/mol. The van der Waals surface area contributed by atoms with Gasteiger partial charge in [0.25, 0.3) is 11.8 Å². The van der Waals surface area contributed by atoms with Crippen molar-refractivity contribution >= 4 is 34.8 Å². The molecular formula is C16H13ClN2O3. The summed E-state index contributed by atoms with van der Waals surface area (Å²) >= 11 is 6.03. The lowest BCUT2D eigenvalue weighted by Crippen LogP contribution is -2.35. The van der Waals surface area contributed by atoms with Crippen LogP contribution in [0.15, 0.2) is 42.5 Å². The Morgan fingerprint density at radius 2 is 2.05 bits per heavy atom. The predicted molar refractivity (Wildman–Crippen MR) is 84.8 cm³/mol. The number of fused-ring (bicyclic) bond motifs is 1. The first kappa shape index (κ1) is 14.4. The van der Waals surface area contributed by atoms with Crippen molar-refractivity contribution in [3.8, 4) is 5.75 Å². The van der Waals surface area contributed by atoms with E-state index in [-0.39, 0.29) is 18.4 Å². The number of amides is 2. The summed E-state index contributed by atoms with van der Waals surface area (Å²) in [5.41, 5.74) is 1.53. The van der Waals surface area contributed by atoms with E-state index in [0.29, 0.717) is 27.7 Å². The van der Waals surface area contributed by atoms with Crippen LogP contribution in [0.5, 0.6) is 5.75 Å². The summed E-state index contributed by atoms with van der Waals surface area (Å²) in [6.45, 7) is 0.00860. The topological polar surface area (TPSA) is 58.6 Å². The number of likely N-dealkylation sites (N-methyl/N-ethyl adjacent to an activating group) is 1. The second-order valence-corrected chi connectivity index (χ2v) is 5.27. The summed E-state index contributed by atoms with van der Waals surface area (Å²) in [5.74, 6) is 0.120.